The van der Waals surface area contributed by atoms with Crippen LogP contribution in [0.15, 0.2) is 42.6 Å². The van der Waals surface area contributed by atoms with Gasteiger partial charge in [-0.05, 0) is 41.7 Å². The first-order valence-electron chi connectivity index (χ1n) is 7.41. The molecule has 0 saturated heterocycles. The number of benzene rings is 1. The molecule has 0 spiro atoms. The third kappa shape index (κ3) is 3.97. The Bertz CT molecular complexity index is 576. The van der Waals surface area contributed by atoms with Crippen molar-refractivity contribution in [2.75, 3.05) is 12.4 Å². The van der Waals surface area contributed by atoms with E-state index in [2.05, 4.69) is 43.2 Å². The van der Waals surface area contributed by atoms with Crippen molar-refractivity contribution in [3.63, 3.8) is 0 Å². The van der Waals surface area contributed by atoms with Crippen LogP contribution < -0.4 is 10.1 Å². The fourth-order valence-corrected chi connectivity index (χ4v) is 2.08. The number of ether oxygens (including phenoxy) is 1. The molecule has 0 atom stereocenters. The number of anilines is 1. The lowest BCUT2D eigenvalue weighted by atomic mass is 9.82. The predicted octanol–water partition coefficient (Wildman–Crippen LogP) is 4.39. The lowest BCUT2D eigenvalue weighted by Crippen LogP contribution is -2.15. The molecule has 112 valence electrons. The third-order valence-electron chi connectivity index (χ3n) is 4.01. The summed E-state index contributed by atoms with van der Waals surface area (Å²) >= 11 is 0. The first-order valence-corrected chi connectivity index (χ1v) is 7.41. The summed E-state index contributed by atoms with van der Waals surface area (Å²) in [4.78, 5) is 4.31. The molecule has 1 N–H and O–H groups in total. The van der Waals surface area contributed by atoms with Gasteiger partial charge >= 0.3 is 0 Å². The van der Waals surface area contributed by atoms with E-state index in [0.717, 1.165) is 23.6 Å². The number of rotatable bonds is 6. The molecule has 1 aromatic carbocycles. The van der Waals surface area contributed by atoms with Gasteiger partial charge in [0, 0.05) is 18.9 Å². The maximum Gasteiger partial charge on any atom is 0.130 e. The largest absolute Gasteiger partial charge is 0.487 e. The fourth-order valence-electron chi connectivity index (χ4n) is 2.08. The minimum absolute atomic E-state index is 0.210. The second kappa shape index (κ2) is 6.61. The van der Waals surface area contributed by atoms with Gasteiger partial charge in [-0.15, -0.1) is 0 Å². The van der Waals surface area contributed by atoms with Crippen molar-refractivity contribution in [3.8, 4) is 5.75 Å². The predicted molar refractivity (Wildman–Crippen MR) is 87.9 cm³/mol. The van der Waals surface area contributed by atoms with Crippen molar-refractivity contribution in [3.05, 3.63) is 53.9 Å². The van der Waals surface area contributed by atoms with E-state index in [4.69, 9.17) is 4.74 Å². The van der Waals surface area contributed by atoms with Crippen LogP contribution in [0.3, 0.4) is 0 Å². The van der Waals surface area contributed by atoms with Crippen molar-refractivity contribution < 1.29 is 4.74 Å². The molecule has 0 aliphatic heterocycles. The lowest BCUT2D eigenvalue weighted by Gasteiger charge is -2.23. The van der Waals surface area contributed by atoms with Crippen LogP contribution >= 0.6 is 0 Å². The molecule has 21 heavy (non-hydrogen) atoms. The number of hydrogen-bond acceptors (Lipinski definition) is 3. The molecule has 0 bridgehead atoms. The van der Waals surface area contributed by atoms with Crippen LogP contribution in [0.4, 0.5) is 5.69 Å². The van der Waals surface area contributed by atoms with Gasteiger partial charge < -0.3 is 10.1 Å². The van der Waals surface area contributed by atoms with E-state index >= 15 is 0 Å². The molecule has 1 heterocycles. The second-order valence-electron chi connectivity index (χ2n) is 5.84. The highest BCUT2D eigenvalue weighted by Gasteiger charge is 2.17. The Hall–Kier alpha value is -2.03. The Labute approximate surface area is 127 Å². The van der Waals surface area contributed by atoms with Crippen LogP contribution in [-0.2, 0) is 12.0 Å². The number of hydrogen-bond donors (Lipinski definition) is 1. The number of nitrogens with one attached hydrogen (secondary N) is 1. The topological polar surface area (TPSA) is 34.1 Å². The molecule has 2 aromatic rings. The van der Waals surface area contributed by atoms with Gasteiger partial charge in [0.2, 0.25) is 0 Å². The molecule has 0 aliphatic carbocycles. The average molecular weight is 284 g/mol. The monoisotopic (exact) mass is 284 g/mol. The van der Waals surface area contributed by atoms with Crippen LogP contribution in [0.1, 0.15) is 38.4 Å². The fraction of sp³-hybridized carbons (Fsp3) is 0.389. The smallest absolute Gasteiger partial charge is 0.130 e. The SMILES string of the molecule is CCC(C)(C)c1ccc(OCc2cc(NC)ccn2)cc1. The van der Waals surface area contributed by atoms with Crippen molar-refractivity contribution in [2.45, 2.75) is 39.2 Å². The zero-order valence-electron chi connectivity index (χ0n) is 13.3. The third-order valence-corrected chi connectivity index (χ3v) is 4.01. The summed E-state index contributed by atoms with van der Waals surface area (Å²) in [6, 6.07) is 12.3. The highest BCUT2D eigenvalue weighted by atomic mass is 16.5. The van der Waals surface area contributed by atoms with Crippen molar-refractivity contribution >= 4 is 5.69 Å². The summed E-state index contributed by atoms with van der Waals surface area (Å²) in [6.07, 6.45) is 2.91. The molecule has 0 radical (unpaired) electrons. The van der Waals surface area contributed by atoms with Gasteiger partial charge in [0.25, 0.3) is 0 Å². The number of nitrogens with zero attached hydrogens (tertiary/aromatic N) is 1. The van der Waals surface area contributed by atoms with E-state index in [9.17, 15) is 0 Å². The summed E-state index contributed by atoms with van der Waals surface area (Å²) < 4.78 is 5.80. The Kier molecular flexibility index (Phi) is 4.84. The Morgan fingerprint density at radius 3 is 2.48 bits per heavy atom. The minimum Gasteiger partial charge on any atom is -0.487 e. The Morgan fingerprint density at radius 2 is 1.86 bits per heavy atom. The molecular weight excluding hydrogens is 260 g/mol. The number of aromatic nitrogens is 1. The summed E-state index contributed by atoms with van der Waals surface area (Å²) in [5, 5.41) is 3.10. The summed E-state index contributed by atoms with van der Waals surface area (Å²) in [5.74, 6) is 0.877. The van der Waals surface area contributed by atoms with E-state index in [1.54, 1.807) is 6.20 Å². The second-order valence-corrected chi connectivity index (χ2v) is 5.84. The first-order chi connectivity index (χ1) is 10.0. The van der Waals surface area contributed by atoms with Gasteiger partial charge in [-0.3, -0.25) is 4.98 Å². The van der Waals surface area contributed by atoms with Gasteiger partial charge in [-0.2, -0.15) is 0 Å². The van der Waals surface area contributed by atoms with E-state index in [1.165, 1.54) is 5.56 Å². The van der Waals surface area contributed by atoms with E-state index < -0.39 is 0 Å². The molecular formula is C18H24N2O. The lowest BCUT2D eigenvalue weighted by molar-refractivity contribution is 0.301. The molecule has 0 saturated carbocycles. The van der Waals surface area contributed by atoms with Crippen LogP contribution in [0.2, 0.25) is 0 Å². The highest BCUT2D eigenvalue weighted by molar-refractivity contribution is 5.42. The molecule has 3 heteroatoms. The number of pyridine rings is 1. The van der Waals surface area contributed by atoms with Crippen molar-refractivity contribution in [1.29, 1.82) is 0 Å². The van der Waals surface area contributed by atoms with E-state index in [-0.39, 0.29) is 5.41 Å². The van der Waals surface area contributed by atoms with Gasteiger partial charge in [-0.25, -0.2) is 0 Å². The average Bonchev–Trinajstić information content (AvgIpc) is 2.53. The first kappa shape index (κ1) is 15.4. The van der Waals surface area contributed by atoms with Crippen molar-refractivity contribution in [1.82, 2.24) is 4.98 Å². The summed E-state index contributed by atoms with van der Waals surface area (Å²) in [7, 11) is 1.90. The van der Waals surface area contributed by atoms with Crippen LogP contribution in [0, 0.1) is 0 Å². The van der Waals surface area contributed by atoms with E-state index in [0.29, 0.717) is 6.61 Å². The zero-order valence-corrected chi connectivity index (χ0v) is 13.3. The summed E-state index contributed by atoms with van der Waals surface area (Å²) in [5.41, 5.74) is 3.51. The standard InChI is InChI=1S/C18H24N2O/c1-5-18(2,3)14-6-8-17(9-7-14)21-13-16-12-15(19-4)10-11-20-16/h6-12H,5,13H2,1-4H3,(H,19,20). The molecule has 0 fully saturated rings. The molecule has 2 rings (SSSR count). The molecule has 0 aliphatic rings. The van der Waals surface area contributed by atoms with Gasteiger partial charge in [0.05, 0.1) is 5.69 Å². The quantitative estimate of drug-likeness (QED) is 0.854. The normalized spacial score (nSPS) is 11.2. The minimum atomic E-state index is 0.210. The van der Waals surface area contributed by atoms with Gasteiger partial charge in [-0.1, -0.05) is 32.9 Å². The zero-order chi connectivity index (χ0) is 15.3. The van der Waals surface area contributed by atoms with Gasteiger partial charge in [0.1, 0.15) is 12.4 Å². The van der Waals surface area contributed by atoms with E-state index in [1.807, 2.05) is 31.3 Å². The van der Waals surface area contributed by atoms with Crippen molar-refractivity contribution in [2.24, 2.45) is 0 Å². The molecule has 0 amide bonds. The summed E-state index contributed by atoms with van der Waals surface area (Å²) in [6.45, 7) is 7.21. The molecule has 0 unspecified atom stereocenters. The molecule has 3 nitrogen and oxygen atoms in total. The van der Waals surface area contributed by atoms with Crippen LogP contribution in [-0.4, -0.2) is 12.0 Å². The van der Waals surface area contributed by atoms with Gasteiger partial charge in [0.15, 0.2) is 0 Å². The maximum absolute atomic E-state index is 5.80. The molecule has 1 aromatic heterocycles. The van der Waals surface area contributed by atoms with Crippen LogP contribution in [0.5, 0.6) is 5.75 Å². The maximum atomic E-state index is 5.80. The Balaban J connectivity index is 2.00. The Morgan fingerprint density at radius 1 is 1.14 bits per heavy atom. The van der Waals surface area contributed by atoms with Crippen LogP contribution in [0.25, 0.3) is 0 Å². The highest BCUT2D eigenvalue weighted by Crippen LogP contribution is 2.28.